The lowest BCUT2D eigenvalue weighted by Crippen LogP contribution is -2.43. The number of hydrogen-bond donors (Lipinski definition) is 1. The van der Waals surface area contributed by atoms with E-state index in [1.54, 1.807) is 0 Å². The summed E-state index contributed by atoms with van der Waals surface area (Å²) >= 11 is 1.53. The molecule has 2 aromatic rings. The summed E-state index contributed by atoms with van der Waals surface area (Å²) in [5.74, 6) is 0.0834. The van der Waals surface area contributed by atoms with Crippen LogP contribution >= 0.6 is 11.3 Å². The van der Waals surface area contributed by atoms with Crippen LogP contribution in [0.3, 0.4) is 0 Å². The molecular formula is C16H21N5O3S. The number of rotatable bonds is 6. The van der Waals surface area contributed by atoms with E-state index in [-0.39, 0.29) is 25.1 Å². The summed E-state index contributed by atoms with van der Waals surface area (Å²) in [5.41, 5.74) is 0.852. The van der Waals surface area contributed by atoms with Crippen molar-refractivity contribution in [3.05, 3.63) is 16.8 Å². The van der Waals surface area contributed by atoms with Gasteiger partial charge in [-0.3, -0.25) is 4.79 Å². The fourth-order valence-corrected chi connectivity index (χ4v) is 3.54. The number of tetrazole rings is 1. The molecule has 1 saturated carbocycles. The van der Waals surface area contributed by atoms with E-state index >= 15 is 0 Å². The molecule has 0 aromatic carbocycles. The van der Waals surface area contributed by atoms with Crippen molar-refractivity contribution in [2.75, 3.05) is 6.61 Å². The van der Waals surface area contributed by atoms with Crippen LogP contribution in [0.15, 0.2) is 16.8 Å². The number of carbonyl (C=O) groups excluding carboxylic acids is 2. The first kappa shape index (κ1) is 17.5. The van der Waals surface area contributed by atoms with Gasteiger partial charge in [-0.1, -0.05) is 19.8 Å². The van der Waals surface area contributed by atoms with E-state index in [4.69, 9.17) is 4.74 Å². The second kappa shape index (κ2) is 8.19. The molecule has 0 aliphatic heterocycles. The summed E-state index contributed by atoms with van der Waals surface area (Å²) in [5, 5.41) is 18.6. The molecule has 0 spiro atoms. The monoisotopic (exact) mass is 363 g/mol. The molecule has 9 heteroatoms. The molecule has 0 unspecified atom stereocenters. The van der Waals surface area contributed by atoms with Crippen molar-refractivity contribution < 1.29 is 14.3 Å². The molecule has 134 valence electrons. The van der Waals surface area contributed by atoms with Gasteiger partial charge in [-0.25, -0.2) is 4.79 Å². The van der Waals surface area contributed by atoms with Gasteiger partial charge in [-0.2, -0.15) is 16.1 Å². The van der Waals surface area contributed by atoms with Crippen LogP contribution in [0.5, 0.6) is 0 Å². The van der Waals surface area contributed by atoms with Crippen molar-refractivity contribution in [3.63, 3.8) is 0 Å². The smallest absolute Gasteiger partial charge is 0.330 e. The highest BCUT2D eigenvalue weighted by molar-refractivity contribution is 7.08. The third-order valence-corrected chi connectivity index (χ3v) is 5.01. The van der Waals surface area contributed by atoms with Gasteiger partial charge in [-0.05, 0) is 35.4 Å². The summed E-state index contributed by atoms with van der Waals surface area (Å²) in [7, 11) is 0. The number of aromatic nitrogens is 4. The van der Waals surface area contributed by atoms with Gasteiger partial charge in [0.15, 0.2) is 13.2 Å². The zero-order valence-electron chi connectivity index (χ0n) is 14.1. The normalized spacial score (nSPS) is 20.2. The Hall–Kier alpha value is -2.29. The van der Waals surface area contributed by atoms with E-state index in [2.05, 4.69) is 27.7 Å². The SMILES string of the molecule is C[C@@H]1CCCC[C@@H]1NC(=O)COC(=O)Cn1nnc(-c2ccsc2)n1. The zero-order valence-corrected chi connectivity index (χ0v) is 14.9. The molecule has 1 fully saturated rings. The largest absolute Gasteiger partial charge is 0.454 e. The first-order valence-electron chi connectivity index (χ1n) is 8.37. The molecule has 1 amide bonds. The number of amides is 1. The Labute approximate surface area is 149 Å². The molecule has 0 bridgehead atoms. The van der Waals surface area contributed by atoms with Crippen LogP contribution in [0.2, 0.25) is 0 Å². The summed E-state index contributed by atoms with van der Waals surface area (Å²) in [6, 6.07) is 2.05. The average molecular weight is 363 g/mol. The van der Waals surface area contributed by atoms with E-state index < -0.39 is 5.97 Å². The second-order valence-corrected chi connectivity index (χ2v) is 7.03. The van der Waals surface area contributed by atoms with Crippen molar-refractivity contribution in [2.45, 2.75) is 45.2 Å². The Morgan fingerprint density at radius 1 is 1.40 bits per heavy atom. The fraction of sp³-hybridized carbons (Fsp3) is 0.562. The molecule has 1 aliphatic carbocycles. The van der Waals surface area contributed by atoms with E-state index in [1.165, 1.54) is 17.8 Å². The molecule has 8 nitrogen and oxygen atoms in total. The maximum Gasteiger partial charge on any atom is 0.330 e. The van der Waals surface area contributed by atoms with Crippen LogP contribution in [-0.2, 0) is 20.9 Å². The van der Waals surface area contributed by atoms with E-state index in [0.29, 0.717) is 11.7 Å². The van der Waals surface area contributed by atoms with Crippen molar-refractivity contribution in [1.82, 2.24) is 25.5 Å². The Morgan fingerprint density at radius 3 is 3.00 bits per heavy atom. The maximum atomic E-state index is 11.9. The van der Waals surface area contributed by atoms with Crippen LogP contribution in [-0.4, -0.2) is 44.7 Å². The van der Waals surface area contributed by atoms with Crippen LogP contribution in [0.4, 0.5) is 0 Å². The minimum atomic E-state index is -0.568. The number of nitrogens with one attached hydrogen (secondary N) is 1. The topological polar surface area (TPSA) is 99.0 Å². The number of nitrogens with zero attached hydrogens (tertiary/aromatic N) is 4. The lowest BCUT2D eigenvalue weighted by molar-refractivity contribution is -0.149. The van der Waals surface area contributed by atoms with E-state index in [9.17, 15) is 9.59 Å². The molecule has 25 heavy (non-hydrogen) atoms. The lowest BCUT2D eigenvalue weighted by Gasteiger charge is -2.29. The summed E-state index contributed by atoms with van der Waals surface area (Å²) in [4.78, 5) is 24.9. The van der Waals surface area contributed by atoms with Crippen LogP contribution < -0.4 is 5.32 Å². The molecule has 3 rings (SSSR count). The minimum absolute atomic E-state index is 0.171. The highest BCUT2D eigenvalue weighted by Gasteiger charge is 2.23. The molecule has 0 radical (unpaired) electrons. The van der Waals surface area contributed by atoms with Crippen molar-refractivity contribution in [3.8, 4) is 11.4 Å². The second-order valence-electron chi connectivity index (χ2n) is 6.25. The van der Waals surface area contributed by atoms with Crippen molar-refractivity contribution in [2.24, 2.45) is 5.92 Å². The Morgan fingerprint density at radius 2 is 2.24 bits per heavy atom. The Kier molecular flexibility index (Phi) is 5.75. The number of esters is 1. The predicted molar refractivity (Wildman–Crippen MR) is 91.7 cm³/mol. The molecule has 1 N–H and O–H groups in total. The number of hydrogen-bond acceptors (Lipinski definition) is 7. The van der Waals surface area contributed by atoms with Gasteiger partial charge in [0.1, 0.15) is 0 Å². The molecule has 2 aromatic heterocycles. The van der Waals surface area contributed by atoms with Crippen LogP contribution in [0.1, 0.15) is 32.6 Å². The van der Waals surface area contributed by atoms with Gasteiger partial charge < -0.3 is 10.1 Å². The third kappa shape index (κ3) is 4.85. The standard InChI is InChI=1S/C16H21N5O3S/c1-11-4-2-3-5-13(11)17-14(22)9-24-15(23)8-21-19-16(18-20-21)12-6-7-25-10-12/h6-7,10-11,13H,2-5,8-9H2,1H3,(H,17,22)/t11-,13+/m1/s1. The molecule has 1 aliphatic rings. The van der Waals surface area contributed by atoms with Gasteiger partial charge in [-0.15, -0.1) is 10.2 Å². The summed E-state index contributed by atoms with van der Waals surface area (Å²) in [6.45, 7) is 1.68. The Balaban J connectivity index is 1.42. The average Bonchev–Trinajstić information content (AvgIpc) is 3.26. The maximum absolute atomic E-state index is 11.9. The van der Waals surface area contributed by atoms with E-state index in [0.717, 1.165) is 29.6 Å². The molecule has 2 heterocycles. The van der Waals surface area contributed by atoms with Crippen molar-refractivity contribution >= 4 is 23.2 Å². The third-order valence-electron chi connectivity index (χ3n) is 4.32. The first-order chi connectivity index (χ1) is 12.1. The van der Waals surface area contributed by atoms with Crippen molar-refractivity contribution in [1.29, 1.82) is 0 Å². The van der Waals surface area contributed by atoms with Gasteiger partial charge in [0.25, 0.3) is 5.91 Å². The van der Waals surface area contributed by atoms with Gasteiger partial charge in [0.2, 0.25) is 5.82 Å². The highest BCUT2D eigenvalue weighted by Crippen LogP contribution is 2.23. The summed E-state index contributed by atoms with van der Waals surface area (Å²) in [6.07, 6.45) is 4.44. The summed E-state index contributed by atoms with van der Waals surface area (Å²) < 4.78 is 5.01. The molecule has 2 atom stereocenters. The predicted octanol–water partition coefficient (Wildman–Crippen LogP) is 1.64. The number of ether oxygens (including phenoxy) is 1. The minimum Gasteiger partial charge on any atom is -0.454 e. The highest BCUT2D eigenvalue weighted by atomic mass is 32.1. The van der Waals surface area contributed by atoms with E-state index in [1.807, 2.05) is 16.8 Å². The fourth-order valence-electron chi connectivity index (χ4n) is 2.90. The van der Waals surface area contributed by atoms with Gasteiger partial charge in [0.05, 0.1) is 0 Å². The number of thiophene rings is 1. The molecule has 0 saturated heterocycles. The molecular weight excluding hydrogens is 342 g/mol. The first-order valence-corrected chi connectivity index (χ1v) is 9.31. The Bertz CT molecular complexity index is 715. The zero-order chi connectivity index (χ0) is 17.6. The van der Waals surface area contributed by atoms with Gasteiger partial charge in [0, 0.05) is 17.0 Å². The quantitative estimate of drug-likeness (QED) is 0.783. The number of carbonyl (C=O) groups is 2. The van der Waals surface area contributed by atoms with Gasteiger partial charge >= 0.3 is 5.97 Å². The van der Waals surface area contributed by atoms with Crippen LogP contribution in [0, 0.1) is 5.92 Å². The lowest BCUT2D eigenvalue weighted by atomic mass is 9.86. The van der Waals surface area contributed by atoms with Crippen LogP contribution in [0.25, 0.3) is 11.4 Å².